The van der Waals surface area contributed by atoms with Crippen molar-refractivity contribution in [2.75, 3.05) is 10.6 Å². The van der Waals surface area contributed by atoms with Gasteiger partial charge in [-0.15, -0.1) is 0 Å². The Hall–Kier alpha value is -3.43. The molecule has 2 N–H and O–H groups in total. The number of hydrogen-bond acceptors (Lipinski definition) is 6. The molecule has 0 saturated heterocycles. The molecule has 2 aromatic heterocycles. The molecule has 0 fully saturated rings. The topological polar surface area (TPSA) is 92.9 Å². The standard InChI is InChI=1S/C16H12F3N5O2/c1-9-5-13(24-26-9)23-15-20-7-10(8-21-15)14(25)22-12-4-2-3-11(6-12)16(17,18)19/h2-8H,1H3,(H,22,25)(H,20,21,23,24). The minimum absolute atomic E-state index is 0.0186. The van der Waals surface area contributed by atoms with E-state index in [1.165, 1.54) is 24.5 Å². The maximum absolute atomic E-state index is 12.7. The van der Waals surface area contributed by atoms with Gasteiger partial charge in [0.2, 0.25) is 5.95 Å². The Morgan fingerprint density at radius 3 is 2.50 bits per heavy atom. The number of amides is 1. The molecule has 0 atom stereocenters. The van der Waals surface area contributed by atoms with E-state index in [2.05, 4.69) is 25.8 Å². The van der Waals surface area contributed by atoms with Gasteiger partial charge < -0.3 is 15.2 Å². The third kappa shape index (κ3) is 4.15. The minimum atomic E-state index is -4.49. The summed E-state index contributed by atoms with van der Waals surface area (Å²) in [6, 6.07) is 5.97. The highest BCUT2D eigenvalue weighted by Crippen LogP contribution is 2.30. The second kappa shape index (κ2) is 6.82. The second-order valence-electron chi connectivity index (χ2n) is 5.28. The van der Waals surface area contributed by atoms with Crippen molar-refractivity contribution in [2.24, 2.45) is 0 Å². The van der Waals surface area contributed by atoms with Crippen LogP contribution in [0.25, 0.3) is 0 Å². The minimum Gasteiger partial charge on any atom is -0.360 e. The molecule has 0 spiro atoms. The second-order valence-corrected chi connectivity index (χ2v) is 5.28. The summed E-state index contributed by atoms with van der Waals surface area (Å²) in [6.45, 7) is 1.72. The summed E-state index contributed by atoms with van der Waals surface area (Å²) in [4.78, 5) is 20.0. The van der Waals surface area contributed by atoms with Crippen LogP contribution in [0.2, 0.25) is 0 Å². The van der Waals surface area contributed by atoms with Crippen LogP contribution in [0, 0.1) is 6.92 Å². The van der Waals surface area contributed by atoms with Crippen molar-refractivity contribution < 1.29 is 22.5 Å². The van der Waals surface area contributed by atoms with Gasteiger partial charge in [0, 0.05) is 24.1 Å². The summed E-state index contributed by atoms with van der Waals surface area (Å²) >= 11 is 0. The predicted molar refractivity (Wildman–Crippen MR) is 86.0 cm³/mol. The van der Waals surface area contributed by atoms with Gasteiger partial charge in [0.25, 0.3) is 5.91 Å². The number of halogens is 3. The van der Waals surface area contributed by atoms with Crippen molar-refractivity contribution >= 4 is 23.4 Å². The number of aryl methyl sites for hydroxylation is 1. The number of alkyl halides is 3. The van der Waals surface area contributed by atoms with Crippen molar-refractivity contribution in [3.05, 3.63) is 59.6 Å². The SMILES string of the molecule is Cc1cc(Nc2ncc(C(=O)Nc3cccc(C(F)(F)F)c3)cn2)no1. The lowest BCUT2D eigenvalue weighted by atomic mass is 10.2. The number of carbonyl (C=O) groups is 1. The molecule has 3 aromatic rings. The van der Waals surface area contributed by atoms with Gasteiger partial charge in [-0.3, -0.25) is 4.79 Å². The Morgan fingerprint density at radius 1 is 1.15 bits per heavy atom. The zero-order valence-corrected chi connectivity index (χ0v) is 13.3. The average molecular weight is 363 g/mol. The molecule has 0 aliphatic heterocycles. The van der Waals surface area contributed by atoms with Gasteiger partial charge in [0.1, 0.15) is 5.76 Å². The van der Waals surface area contributed by atoms with E-state index in [4.69, 9.17) is 4.52 Å². The first-order valence-electron chi connectivity index (χ1n) is 7.32. The fourth-order valence-corrected chi connectivity index (χ4v) is 2.03. The number of anilines is 3. The highest BCUT2D eigenvalue weighted by Gasteiger charge is 2.30. The molecular formula is C16H12F3N5O2. The zero-order valence-electron chi connectivity index (χ0n) is 13.3. The quantitative estimate of drug-likeness (QED) is 0.733. The van der Waals surface area contributed by atoms with E-state index in [9.17, 15) is 18.0 Å². The Labute approximate surface area is 145 Å². The van der Waals surface area contributed by atoms with Crippen LogP contribution in [0.4, 0.5) is 30.6 Å². The summed E-state index contributed by atoms with van der Waals surface area (Å²) in [5.41, 5.74) is -0.747. The number of nitrogens with zero attached hydrogens (tertiary/aromatic N) is 3. The summed E-state index contributed by atoms with van der Waals surface area (Å²) in [7, 11) is 0. The van der Waals surface area contributed by atoms with E-state index in [1.54, 1.807) is 13.0 Å². The molecular weight excluding hydrogens is 351 g/mol. The normalized spacial score (nSPS) is 11.2. The van der Waals surface area contributed by atoms with Crippen molar-refractivity contribution in [1.82, 2.24) is 15.1 Å². The maximum atomic E-state index is 12.7. The van der Waals surface area contributed by atoms with Gasteiger partial charge in [-0.25, -0.2) is 9.97 Å². The van der Waals surface area contributed by atoms with Crippen molar-refractivity contribution in [1.29, 1.82) is 0 Å². The lowest BCUT2D eigenvalue weighted by molar-refractivity contribution is -0.137. The molecule has 1 aromatic carbocycles. The van der Waals surface area contributed by atoms with Gasteiger partial charge in [-0.05, 0) is 25.1 Å². The van der Waals surface area contributed by atoms with Crippen LogP contribution < -0.4 is 10.6 Å². The van der Waals surface area contributed by atoms with E-state index in [0.717, 1.165) is 12.1 Å². The van der Waals surface area contributed by atoms with Gasteiger partial charge in [-0.1, -0.05) is 11.2 Å². The molecule has 134 valence electrons. The van der Waals surface area contributed by atoms with Crippen LogP contribution in [0.1, 0.15) is 21.7 Å². The van der Waals surface area contributed by atoms with Gasteiger partial charge in [0.15, 0.2) is 5.82 Å². The molecule has 3 rings (SSSR count). The van der Waals surface area contributed by atoms with E-state index < -0.39 is 17.6 Å². The summed E-state index contributed by atoms with van der Waals surface area (Å²) in [5.74, 6) is 0.565. The maximum Gasteiger partial charge on any atom is 0.416 e. The predicted octanol–water partition coefficient (Wildman–Crippen LogP) is 3.79. The Kier molecular flexibility index (Phi) is 4.57. The Morgan fingerprint density at radius 2 is 1.88 bits per heavy atom. The Bertz CT molecular complexity index is 922. The van der Waals surface area contributed by atoms with E-state index >= 15 is 0 Å². The lowest BCUT2D eigenvalue weighted by Crippen LogP contribution is -2.14. The first-order chi connectivity index (χ1) is 12.3. The van der Waals surface area contributed by atoms with Crippen LogP contribution in [0.15, 0.2) is 47.2 Å². The van der Waals surface area contributed by atoms with Gasteiger partial charge >= 0.3 is 6.18 Å². The number of rotatable bonds is 4. The average Bonchev–Trinajstić information content (AvgIpc) is 3.00. The molecule has 0 unspecified atom stereocenters. The van der Waals surface area contributed by atoms with Crippen LogP contribution in [0.3, 0.4) is 0 Å². The molecule has 0 bridgehead atoms. The third-order valence-electron chi connectivity index (χ3n) is 3.23. The number of carbonyl (C=O) groups excluding carboxylic acids is 1. The molecule has 26 heavy (non-hydrogen) atoms. The molecule has 10 heteroatoms. The first kappa shape index (κ1) is 17.4. The number of benzene rings is 1. The number of nitrogens with one attached hydrogen (secondary N) is 2. The first-order valence-corrected chi connectivity index (χ1v) is 7.32. The van der Waals surface area contributed by atoms with E-state index in [-0.39, 0.29) is 17.2 Å². The van der Waals surface area contributed by atoms with E-state index in [0.29, 0.717) is 11.6 Å². The van der Waals surface area contributed by atoms with Crippen LogP contribution >= 0.6 is 0 Å². The van der Waals surface area contributed by atoms with Crippen LogP contribution in [0.5, 0.6) is 0 Å². The highest BCUT2D eigenvalue weighted by molar-refractivity contribution is 6.03. The van der Waals surface area contributed by atoms with Crippen LogP contribution in [-0.2, 0) is 6.18 Å². The zero-order chi connectivity index (χ0) is 18.7. The molecule has 1 amide bonds. The summed E-state index contributed by atoms with van der Waals surface area (Å²) in [5, 5.41) is 8.87. The monoisotopic (exact) mass is 363 g/mol. The molecule has 2 heterocycles. The van der Waals surface area contributed by atoms with Crippen molar-refractivity contribution in [3.63, 3.8) is 0 Å². The summed E-state index contributed by atoms with van der Waals surface area (Å²) in [6.07, 6.45) is -2.01. The molecule has 7 nitrogen and oxygen atoms in total. The molecule has 0 saturated carbocycles. The third-order valence-corrected chi connectivity index (χ3v) is 3.23. The van der Waals surface area contributed by atoms with E-state index in [1.807, 2.05) is 0 Å². The van der Waals surface area contributed by atoms with Crippen LogP contribution in [-0.4, -0.2) is 21.0 Å². The molecule has 0 aliphatic rings. The molecule has 0 radical (unpaired) electrons. The van der Waals surface area contributed by atoms with Gasteiger partial charge in [0.05, 0.1) is 11.1 Å². The Balaban J connectivity index is 1.68. The number of aromatic nitrogens is 3. The molecule has 0 aliphatic carbocycles. The largest absolute Gasteiger partial charge is 0.416 e. The van der Waals surface area contributed by atoms with Crippen molar-refractivity contribution in [3.8, 4) is 0 Å². The van der Waals surface area contributed by atoms with Gasteiger partial charge in [-0.2, -0.15) is 13.2 Å². The highest BCUT2D eigenvalue weighted by atomic mass is 19.4. The van der Waals surface area contributed by atoms with Crippen molar-refractivity contribution in [2.45, 2.75) is 13.1 Å². The fraction of sp³-hybridized carbons (Fsp3) is 0.125. The smallest absolute Gasteiger partial charge is 0.360 e. The number of hydrogen-bond donors (Lipinski definition) is 2. The lowest BCUT2D eigenvalue weighted by Gasteiger charge is -2.10. The summed E-state index contributed by atoms with van der Waals surface area (Å²) < 4.78 is 43.0. The fourth-order valence-electron chi connectivity index (χ4n) is 2.03.